The minimum atomic E-state index is -4.13. The van der Waals surface area contributed by atoms with E-state index in [0.717, 1.165) is 27.4 Å². The first-order valence-corrected chi connectivity index (χ1v) is 16.3. The van der Waals surface area contributed by atoms with Crippen molar-refractivity contribution in [3.63, 3.8) is 0 Å². The molecule has 3 aromatic rings. The number of ether oxygens (including phenoxy) is 1. The number of nitrogens with zero attached hydrogens (tertiary/aromatic N) is 2. The van der Waals surface area contributed by atoms with Gasteiger partial charge in [-0.3, -0.25) is 13.9 Å². The Morgan fingerprint density at radius 3 is 2.12 bits per heavy atom. The maximum atomic E-state index is 14.3. The smallest absolute Gasteiger partial charge is 0.264 e. The van der Waals surface area contributed by atoms with Crippen LogP contribution in [0.15, 0.2) is 77.7 Å². The highest BCUT2D eigenvalue weighted by Gasteiger charge is 2.34. The van der Waals surface area contributed by atoms with E-state index in [2.05, 4.69) is 19.2 Å². The van der Waals surface area contributed by atoms with Crippen LogP contribution in [0.2, 0.25) is 0 Å². The van der Waals surface area contributed by atoms with Gasteiger partial charge in [0, 0.05) is 12.6 Å². The normalized spacial score (nSPS) is 12.8. The lowest BCUT2D eigenvalue weighted by molar-refractivity contribution is -0.140. The van der Waals surface area contributed by atoms with E-state index in [1.54, 1.807) is 49.6 Å². The predicted molar refractivity (Wildman–Crippen MR) is 172 cm³/mol. The SMILES string of the molecule is CC[C@@H](C)NC(=O)[C@H](CC)N(Cc1cccc(OC)c1)C(=O)CN(c1ccc(C(C)C)cc1)S(=O)(=O)c1ccc(C)cc1. The third kappa shape index (κ3) is 8.60. The first kappa shape index (κ1) is 33.6. The van der Waals surface area contributed by atoms with Crippen LogP contribution in [0.1, 0.15) is 70.1 Å². The third-order valence-corrected chi connectivity index (χ3v) is 9.40. The van der Waals surface area contributed by atoms with Crippen molar-refractivity contribution in [2.24, 2.45) is 0 Å². The van der Waals surface area contributed by atoms with E-state index >= 15 is 0 Å². The van der Waals surface area contributed by atoms with Gasteiger partial charge >= 0.3 is 0 Å². The summed E-state index contributed by atoms with van der Waals surface area (Å²) < 4.78 is 34.7. The minimum Gasteiger partial charge on any atom is -0.497 e. The Labute approximate surface area is 257 Å². The molecule has 8 nitrogen and oxygen atoms in total. The molecule has 0 unspecified atom stereocenters. The second kappa shape index (κ2) is 15.0. The molecule has 3 rings (SSSR count). The fourth-order valence-electron chi connectivity index (χ4n) is 4.72. The highest BCUT2D eigenvalue weighted by Crippen LogP contribution is 2.27. The topological polar surface area (TPSA) is 96.0 Å². The van der Waals surface area contributed by atoms with Gasteiger partial charge in [0.05, 0.1) is 17.7 Å². The van der Waals surface area contributed by atoms with Crippen molar-refractivity contribution in [1.82, 2.24) is 10.2 Å². The summed E-state index contributed by atoms with van der Waals surface area (Å²) in [5, 5.41) is 3.00. The molecule has 2 amide bonds. The van der Waals surface area contributed by atoms with Gasteiger partial charge in [-0.05, 0) is 80.1 Å². The molecular formula is C34H45N3O5S. The van der Waals surface area contributed by atoms with Crippen molar-refractivity contribution >= 4 is 27.5 Å². The van der Waals surface area contributed by atoms with Crippen LogP contribution < -0.4 is 14.4 Å². The number of hydrogen-bond acceptors (Lipinski definition) is 5. The number of sulfonamides is 1. The average molecular weight is 608 g/mol. The summed E-state index contributed by atoms with van der Waals surface area (Å²) in [5.74, 6) is 0.112. The van der Waals surface area contributed by atoms with Gasteiger partial charge in [-0.2, -0.15) is 0 Å². The number of hydrogen-bond donors (Lipinski definition) is 1. The molecular weight excluding hydrogens is 562 g/mol. The number of benzene rings is 3. The van der Waals surface area contributed by atoms with Crippen molar-refractivity contribution in [1.29, 1.82) is 0 Å². The fraction of sp³-hybridized carbons (Fsp3) is 0.412. The molecule has 0 aliphatic heterocycles. The monoisotopic (exact) mass is 607 g/mol. The quantitative estimate of drug-likeness (QED) is 0.241. The van der Waals surface area contributed by atoms with Crippen LogP contribution in [0.5, 0.6) is 5.75 Å². The molecule has 3 aromatic carbocycles. The van der Waals surface area contributed by atoms with Gasteiger partial charge in [0.15, 0.2) is 0 Å². The van der Waals surface area contributed by atoms with Crippen LogP contribution >= 0.6 is 0 Å². The molecule has 0 spiro atoms. The van der Waals surface area contributed by atoms with Gasteiger partial charge in [0.1, 0.15) is 18.3 Å². The lowest BCUT2D eigenvalue weighted by atomic mass is 10.0. The number of carbonyl (C=O) groups excluding carboxylic acids is 2. The average Bonchev–Trinajstić information content (AvgIpc) is 2.99. The van der Waals surface area contributed by atoms with Crippen molar-refractivity contribution < 1.29 is 22.7 Å². The van der Waals surface area contributed by atoms with Crippen LogP contribution in [0.4, 0.5) is 5.69 Å². The second-order valence-corrected chi connectivity index (χ2v) is 13.0. The lowest BCUT2D eigenvalue weighted by Crippen LogP contribution is -2.53. The molecule has 0 radical (unpaired) electrons. The minimum absolute atomic E-state index is 0.0757. The number of anilines is 1. The predicted octanol–water partition coefficient (Wildman–Crippen LogP) is 6.04. The van der Waals surface area contributed by atoms with E-state index < -0.39 is 28.5 Å². The molecule has 0 aromatic heterocycles. The summed E-state index contributed by atoms with van der Waals surface area (Å²) in [6.45, 7) is 11.4. The Morgan fingerprint density at radius 1 is 0.907 bits per heavy atom. The molecule has 0 heterocycles. The number of methoxy groups -OCH3 is 1. The maximum absolute atomic E-state index is 14.3. The number of rotatable bonds is 14. The van der Waals surface area contributed by atoms with E-state index in [1.165, 1.54) is 4.90 Å². The first-order chi connectivity index (χ1) is 20.4. The Kier molecular flexibility index (Phi) is 11.8. The Morgan fingerprint density at radius 2 is 1.56 bits per heavy atom. The van der Waals surface area contributed by atoms with Crippen molar-refractivity contribution in [2.75, 3.05) is 18.0 Å². The lowest BCUT2D eigenvalue weighted by Gasteiger charge is -2.34. The van der Waals surface area contributed by atoms with Crippen molar-refractivity contribution in [2.45, 2.75) is 83.8 Å². The van der Waals surface area contributed by atoms with Crippen LogP contribution in [0, 0.1) is 6.92 Å². The molecule has 2 atom stereocenters. The number of carbonyl (C=O) groups is 2. The Bertz CT molecular complexity index is 1470. The summed E-state index contributed by atoms with van der Waals surface area (Å²) in [6, 6.07) is 20.2. The summed E-state index contributed by atoms with van der Waals surface area (Å²) >= 11 is 0. The van der Waals surface area contributed by atoms with Gasteiger partial charge in [0.2, 0.25) is 11.8 Å². The second-order valence-electron chi connectivity index (χ2n) is 11.2. The van der Waals surface area contributed by atoms with E-state index in [-0.39, 0.29) is 29.3 Å². The number of nitrogens with one attached hydrogen (secondary N) is 1. The maximum Gasteiger partial charge on any atom is 0.264 e. The summed E-state index contributed by atoms with van der Waals surface area (Å²) in [4.78, 5) is 29.3. The third-order valence-electron chi connectivity index (χ3n) is 7.61. The van der Waals surface area contributed by atoms with Crippen molar-refractivity contribution in [3.8, 4) is 5.75 Å². The zero-order chi connectivity index (χ0) is 31.7. The largest absolute Gasteiger partial charge is 0.497 e. The molecule has 0 bridgehead atoms. The number of amides is 2. The number of aryl methyl sites for hydroxylation is 1. The Hall–Kier alpha value is -3.85. The summed E-state index contributed by atoms with van der Waals surface area (Å²) in [5.41, 5.74) is 3.11. The summed E-state index contributed by atoms with van der Waals surface area (Å²) in [7, 11) is -2.56. The van der Waals surface area contributed by atoms with E-state index in [0.29, 0.717) is 17.9 Å². The van der Waals surface area contributed by atoms with Crippen LogP contribution in [-0.2, 0) is 26.2 Å². The van der Waals surface area contributed by atoms with Crippen LogP contribution in [0.3, 0.4) is 0 Å². The molecule has 43 heavy (non-hydrogen) atoms. The molecule has 1 N–H and O–H groups in total. The zero-order valence-corrected chi connectivity index (χ0v) is 27.1. The van der Waals surface area contributed by atoms with Crippen molar-refractivity contribution in [3.05, 3.63) is 89.5 Å². The van der Waals surface area contributed by atoms with Gasteiger partial charge in [-0.1, -0.05) is 69.7 Å². The van der Waals surface area contributed by atoms with E-state index in [4.69, 9.17) is 4.74 Å². The molecule has 0 aliphatic carbocycles. The Balaban J connectivity index is 2.08. The van der Waals surface area contributed by atoms with Gasteiger partial charge < -0.3 is 15.0 Å². The molecule has 9 heteroatoms. The summed E-state index contributed by atoms with van der Waals surface area (Å²) in [6.07, 6.45) is 1.09. The van der Waals surface area contributed by atoms with E-state index in [1.807, 2.05) is 58.0 Å². The van der Waals surface area contributed by atoms with Crippen LogP contribution in [-0.4, -0.2) is 50.9 Å². The van der Waals surface area contributed by atoms with E-state index in [9.17, 15) is 18.0 Å². The fourth-order valence-corrected chi connectivity index (χ4v) is 6.13. The molecule has 0 saturated heterocycles. The highest BCUT2D eigenvalue weighted by atomic mass is 32.2. The van der Waals surface area contributed by atoms with Crippen LogP contribution in [0.25, 0.3) is 0 Å². The molecule has 0 saturated carbocycles. The first-order valence-electron chi connectivity index (χ1n) is 14.8. The van der Waals surface area contributed by atoms with Gasteiger partial charge in [0.25, 0.3) is 10.0 Å². The molecule has 0 fully saturated rings. The van der Waals surface area contributed by atoms with Gasteiger partial charge in [-0.25, -0.2) is 8.42 Å². The highest BCUT2D eigenvalue weighted by molar-refractivity contribution is 7.92. The van der Waals surface area contributed by atoms with Gasteiger partial charge in [-0.15, -0.1) is 0 Å². The molecule has 232 valence electrons. The molecule has 0 aliphatic rings. The standard InChI is InChI=1S/C34H45N3O5S/c1-8-26(6)35-34(39)32(9-2)36(22-27-11-10-12-30(21-27)42-7)33(38)23-37(29-17-15-28(16-18-29)24(3)4)43(40,41)31-19-13-25(5)14-20-31/h10-21,24,26,32H,8-9,22-23H2,1-7H3,(H,35,39)/t26-,32+/m1/s1. The zero-order valence-electron chi connectivity index (χ0n) is 26.3.